The topological polar surface area (TPSA) is 59.6 Å². The van der Waals surface area contributed by atoms with Gasteiger partial charge in [-0.05, 0) is 19.8 Å². The zero-order valence-corrected chi connectivity index (χ0v) is 12.6. The highest BCUT2D eigenvalue weighted by atomic mass is 16.5. The fourth-order valence-corrected chi connectivity index (χ4v) is 2.44. The second-order valence-corrected chi connectivity index (χ2v) is 5.63. The first-order valence-electron chi connectivity index (χ1n) is 7.13. The van der Waals surface area contributed by atoms with Gasteiger partial charge >= 0.3 is 0 Å². The molecule has 1 fully saturated rings. The molecule has 5 nitrogen and oxygen atoms in total. The van der Waals surface area contributed by atoms with E-state index in [1.54, 1.807) is 7.11 Å². The average Bonchev–Trinajstić information content (AvgIpc) is 2.38. The molecule has 0 aromatic heterocycles. The van der Waals surface area contributed by atoms with Crippen LogP contribution in [0, 0.1) is 5.41 Å². The van der Waals surface area contributed by atoms with Crippen molar-refractivity contribution in [1.29, 1.82) is 0 Å². The van der Waals surface area contributed by atoms with E-state index in [2.05, 4.69) is 24.5 Å². The van der Waals surface area contributed by atoms with Crippen LogP contribution in [0.2, 0.25) is 0 Å². The fourth-order valence-electron chi connectivity index (χ4n) is 2.44. The van der Waals surface area contributed by atoms with Crippen LogP contribution in [0.4, 0.5) is 0 Å². The third kappa shape index (κ3) is 4.75. The number of carbonyl (C=O) groups is 1. The molecule has 2 unspecified atom stereocenters. The molecule has 1 rings (SSSR count). The molecule has 0 radical (unpaired) electrons. The minimum Gasteiger partial charge on any atom is -0.385 e. The van der Waals surface area contributed by atoms with E-state index in [0.29, 0.717) is 31.8 Å². The van der Waals surface area contributed by atoms with Crippen LogP contribution < -0.4 is 10.6 Å². The van der Waals surface area contributed by atoms with Crippen LogP contribution in [0.3, 0.4) is 0 Å². The van der Waals surface area contributed by atoms with E-state index in [0.717, 1.165) is 19.4 Å². The van der Waals surface area contributed by atoms with E-state index in [1.807, 2.05) is 6.92 Å². The number of amides is 1. The van der Waals surface area contributed by atoms with Gasteiger partial charge in [-0.2, -0.15) is 0 Å². The Morgan fingerprint density at radius 3 is 2.74 bits per heavy atom. The Morgan fingerprint density at radius 2 is 2.16 bits per heavy atom. The summed E-state index contributed by atoms with van der Waals surface area (Å²) < 4.78 is 10.6. The van der Waals surface area contributed by atoms with Crippen molar-refractivity contribution in [2.45, 2.75) is 45.8 Å². The van der Waals surface area contributed by atoms with Gasteiger partial charge in [-0.25, -0.2) is 0 Å². The molecular formula is C14H28N2O3. The van der Waals surface area contributed by atoms with Gasteiger partial charge in [0.05, 0.1) is 12.6 Å². The number of rotatable bonds is 9. The van der Waals surface area contributed by atoms with Crippen molar-refractivity contribution in [3.63, 3.8) is 0 Å². The Balaban J connectivity index is 2.14. The Hall–Kier alpha value is -0.650. The van der Waals surface area contributed by atoms with Gasteiger partial charge in [-0.15, -0.1) is 0 Å². The summed E-state index contributed by atoms with van der Waals surface area (Å²) in [5.74, 6) is 0.0479. The van der Waals surface area contributed by atoms with Gasteiger partial charge in [-0.1, -0.05) is 13.8 Å². The lowest BCUT2D eigenvalue weighted by Gasteiger charge is -2.51. The molecule has 2 N–H and O–H groups in total. The molecule has 5 heteroatoms. The molecule has 112 valence electrons. The number of carbonyl (C=O) groups excluding carboxylic acids is 1. The van der Waals surface area contributed by atoms with Gasteiger partial charge < -0.3 is 20.1 Å². The highest BCUT2D eigenvalue weighted by Gasteiger charge is 2.48. The predicted octanol–water partition coefficient (Wildman–Crippen LogP) is 0.932. The molecule has 1 amide bonds. The van der Waals surface area contributed by atoms with Crippen molar-refractivity contribution in [1.82, 2.24) is 10.6 Å². The highest BCUT2D eigenvalue weighted by Crippen LogP contribution is 2.42. The van der Waals surface area contributed by atoms with Crippen LogP contribution in [0.25, 0.3) is 0 Å². The van der Waals surface area contributed by atoms with Gasteiger partial charge in [0.2, 0.25) is 5.91 Å². The van der Waals surface area contributed by atoms with E-state index in [4.69, 9.17) is 9.47 Å². The van der Waals surface area contributed by atoms with Crippen molar-refractivity contribution in [2.24, 2.45) is 5.41 Å². The summed E-state index contributed by atoms with van der Waals surface area (Å²) in [6.45, 7) is 8.87. The Bertz CT molecular complexity index is 282. The lowest BCUT2D eigenvalue weighted by Crippen LogP contribution is -2.62. The summed E-state index contributed by atoms with van der Waals surface area (Å²) >= 11 is 0. The summed E-state index contributed by atoms with van der Waals surface area (Å²) in [6.07, 6.45) is 2.14. The molecule has 0 aromatic rings. The smallest absolute Gasteiger partial charge is 0.233 e. The second-order valence-electron chi connectivity index (χ2n) is 5.63. The van der Waals surface area contributed by atoms with Crippen molar-refractivity contribution < 1.29 is 14.3 Å². The quantitative estimate of drug-likeness (QED) is 0.613. The zero-order valence-electron chi connectivity index (χ0n) is 12.6. The maximum Gasteiger partial charge on any atom is 0.233 e. The van der Waals surface area contributed by atoms with Crippen LogP contribution >= 0.6 is 0 Å². The SMILES string of the molecule is CCOC1CC(NCC(=O)NCCCOC)C1(C)C. The molecule has 0 aliphatic heterocycles. The molecule has 0 heterocycles. The lowest BCUT2D eigenvalue weighted by molar-refractivity contribution is -0.126. The first-order chi connectivity index (χ1) is 9.02. The van der Waals surface area contributed by atoms with E-state index in [-0.39, 0.29) is 11.3 Å². The van der Waals surface area contributed by atoms with E-state index >= 15 is 0 Å². The van der Waals surface area contributed by atoms with E-state index < -0.39 is 0 Å². The normalized spacial score (nSPS) is 24.8. The van der Waals surface area contributed by atoms with E-state index in [1.165, 1.54) is 0 Å². The van der Waals surface area contributed by atoms with Crippen LogP contribution in [0.1, 0.15) is 33.6 Å². The molecule has 1 aliphatic carbocycles. The summed E-state index contributed by atoms with van der Waals surface area (Å²) in [7, 11) is 1.66. The second kappa shape index (κ2) is 7.82. The molecule has 0 bridgehead atoms. The van der Waals surface area contributed by atoms with Crippen LogP contribution in [-0.2, 0) is 14.3 Å². The Kier molecular flexibility index (Phi) is 6.75. The van der Waals surface area contributed by atoms with Crippen LogP contribution in [0.15, 0.2) is 0 Å². The Morgan fingerprint density at radius 1 is 1.42 bits per heavy atom. The number of ether oxygens (including phenoxy) is 2. The van der Waals surface area contributed by atoms with Gasteiger partial charge in [0.25, 0.3) is 0 Å². The van der Waals surface area contributed by atoms with Crippen molar-refractivity contribution >= 4 is 5.91 Å². The van der Waals surface area contributed by atoms with Gasteiger partial charge in [-0.3, -0.25) is 4.79 Å². The van der Waals surface area contributed by atoms with Gasteiger partial charge in [0.1, 0.15) is 0 Å². The molecule has 1 saturated carbocycles. The van der Waals surface area contributed by atoms with Gasteiger partial charge in [0.15, 0.2) is 0 Å². The number of nitrogens with one attached hydrogen (secondary N) is 2. The molecular weight excluding hydrogens is 244 g/mol. The fraction of sp³-hybridized carbons (Fsp3) is 0.929. The predicted molar refractivity (Wildman–Crippen MR) is 75.1 cm³/mol. The Labute approximate surface area is 116 Å². The number of hydrogen-bond acceptors (Lipinski definition) is 4. The maximum atomic E-state index is 11.6. The molecule has 0 saturated heterocycles. The first-order valence-corrected chi connectivity index (χ1v) is 7.13. The first kappa shape index (κ1) is 16.4. The van der Waals surface area contributed by atoms with Gasteiger partial charge in [0, 0.05) is 38.3 Å². The van der Waals surface area contributed by atoms with Crippen LogP contribution in [0.5, 0.6) is 0 Å². The average molecular weight is 272 g/mol. The highest BCUT2D eigenvalue weighted by molar-refractivity contribution is 5.78. The zero-order chi connectivity index (χ0) is 14.3. The van der Waals surface area contributed by atoms with E-state index in [9.17, 15) is 4.79 Å². The third-order valence-electron chi connectivity index (χ3n) is 3.90. The number of methoxy groups -OCH3 is 1. The standard InChI is InChI=1S/C14H28N2O3/c1-5-19-12-9-11(14(12,2)3)16-10-13(17)15-7-6-8-18-4/h11-12,16H,5-10H2,1-4H3,(H,15,17). The van der Waals surface area contributed by atoms with Crippen molar-refractivity contribution in [3.05, 3.63) is 0 Å². The minimum atomic E-state index is 0.0479. The largest absolute Gasteiger partial charge is 0.385 e. The lowest BCUT2D eigenvalue weighted by atomic mass is 9.64. The maximum absolute atomic E-state index is 11.6. The molecule has 1 aliphatic rings. The van der Waals surface area contributed by atoms with Crippen molar-refractivity contribution in [3.8, 4) is 0 Å². The van der Waals surface area contributed by atoms with Crippen molar-refractivity contribution in [2.75, 3.05) is 33.4 Å². The molecule has 0 aromatic carbocycles. The minimum absolute atomic E-state index is 0.0479. The third-order valence-corrected chi connectivity index (χ3v) is 3.90. The molecule has 19 heavy (non-hydrogen) atoms. The van der Waals surface area contributed by atoms with Crippen LogP contribution in [-0.4, -0.2) is 51.5 Å². The summed E-state index contributed by atoms with van der Waals surface area (Å²) in [5.41, 5.74) is 0.104. The summed E-state index contributed by atoms with van der Waals surface area (Å²) in [4.78, 5) is 11.6. The number of hydrogen-bond donors (Lipinski definition) is 2. The molecule has 0 spiro atoms. The molecule has 2 atom stereocenters. The summed E-state index contributed by atoms with van der Waals surface area (Å²) in [5, 5.41) is 6.19. The summed E-state index contributed by atoms with van der Waals surface area (Å²) in [6, 6.07) is 0.355. The monoisotopic (exact) mass is 272 g/mol.